The average Bonchev–Trinajstić information content (AvgIpc) is 2.99. The maximum absolute atomic E-state index is 13.4. The molecule has 11 heteroatoms. The molecule has 0 bridgehead atoms. The first-order chi connectivity index (χ1) is 21.5. The third-order valence-electron chi connectivity index (χ3n) is 6.51. The Kier molecular flexibility index (Phi) is 12.7. The molecule has 3 rings (SSSR count). The van der Waals surface area contributed by atoms with Gasteiger partial charge < -0.3 is 36.1 Å². The molecule has 0 unspecified atom stereocenters. The predicted octanol–water partition coefficient (Wildman–Crippen LogP) is 4.92. The van der Waals surface area contributed by atoms with Gasteiger partial charge in [-0.05, 0) is 74.7 Å². The Labute approximate surface area is 264 Å². The number of hydrogen-bond acceptors (Lipinski definition) is 8. The van der Waals surface area contributed by atoms with Crippen LogP contribution in [-0.4, -0.2) is 47.8 Å². The van der Waals surface area contributed by atoms with Gasteiger partial charge in [-0.1, -0.05) is 36.9 Å². The molecule has 1 aromatic heterocycles. The van der Waals surface area contributed by atoms with Crippen LogP contribution < -0.4 is 27.7 Å². The number of aliphatic imine (C=N–C) groups is 1. The number of rotatable bonds is 14. The van der Waals surface area contributed by atoms with E-state index in [0.717, 1.165) is 22.3 Å². The summed E-state index contributed by atoms with van der Waals surface area (Å²) in [4.78, 5) is 33.8. The summed E-state index contributed by atoms with van der Waals surface area (Å²) in [5.41, 5.74) is 17.4. The molecule has 0 fully saturated rings. The van der Waals surface area contributed by atoms with E-state index < -0.39 is 6.09 Å². The maximum Gasteiger partial charge on any atom is 0.435 e. The summed E-state index contributed by atoms with van der Waals surface area (Å²) >= 11 is 0. The zero-order chi connectivity index (χ0) is 32.9. The van der Waals surface area contributed by atoms with Crippen LogP contribution in [0.5, 0.6) is 0 Å². The molecule has 0 aliphatic carbocycles. The minimum absolute atomic E-state index is 0.0414. The molecule has 0 saturated heterocycles. The van der Waals surface area contributed by atoms with Crippen molar-refractivity contribution in [1.29, 1.82) is 0 Å². The first-order valence-electron chi connectivity index (χ1n) is 14.6. The minimum atomic E-state index is -0.788. The molecule has 0 atom stereocenters. The number of benzene rings is 2. The van der Waals surface area contributed by atoms with Crippen molar-refractivity contribution in [3.63, 3.8) is 0 Å². The fourth-order valence-electron chi connectivity index (χ4n) is 4.44. The molecule has 0 spiro atoms. The van der Waals surface area contributed by atoms with E-state index in [0.29, 0.717) is 48.2 Å². The Morgan fingerprint density at radius 2 is 1.93 bits per heavy atom. The number of ether oxygens (including phenoxy) is 2. The number of nitrogens with one attached hydrogen (secondary N) is 2. The molecule has 1 amide bonds. The highest BCUT2D eigenvalue weighted by atomic mass is 16.5. The molecule has 6 N–H and O–H groups in total. The lowest BCUT2D eigenvalue weighted by Crippen LogP contribution is -2.31. The van der Waals surface area contributed by atoms with Crippen LogP contribution in [0.2, 0.25) is 0 Å². The molecule has 0 saturated carbocycles. The number of carbonyl (C=O) groups is 1. The lowest BCUT2D eigenvalue weighted by molar-refractivity contribution is 0.167. The van der Waals surface area contributed by atoms with Gasteiger partial charge in [0.2, 0.25) is 0 Å². The number of aromatic nitrogens is 2. The third-order valence-corrected chi connectivity index (χ3v) is 6.51. The Bertz CT molecular complexity index is 1620. The van der Waals surface area contributed by atoms with Crippen LogP contribution in [0.3, 0.4) is 0 Å². The number of nitrogen functional groups attached to an aromatic ring is 1. The number of aryl methyl sites for hydroxylation is 1. The highest BCUT2D eigenvalue weighted by Crippen LogP contribution is 2.23. The van der Waals surface area contributed by atoms with Crippen LogP contribution in [0, 0.1) is 6.92 Å². The minimum Gasteiger partial charge on any atom is -0.497 e. The van der Waals surface area contributed by atoms with Crippen molar-refractivity contribution in [2.45, 2.75) is 46.8 Å². The highest BCUT2D eigenvalue weighted by molar-refractivity contribution is 6.02. The second kappa shape index (κ2) is 16.6. The zero-order valence-electron chi connectivity index (χ0n) is 26.6. The van der Waals surface area contributed by atoms with E-state index in [-0.39, 0.29) is 24.0 Å². The summed E-state index contributed by atoms with van der Waals surface area (Å²) in [5, 5.41) is 6.52. The zero-order valence-corrected chi connectivity index (χ0v) is 26.6. The van der Waals surface area contributed by atoms with E-state index in [9.17, 15) is 9.59 Å². The van der Waals surface area contributed by atoms with E-state index in [1.807, 2.05) is 51.1 Å². The highest BCUT2D eigenvalue weighted by Gasteiger charge is 2.14. The van der Waals surface area contributed by atoms with Gasteiger partial charge in [0.1, 0.15) is 18.2 Å². The summed E-state index contributed by atoms with van der Waals surface area (Å²) in [7, 11) is 1.54. The maximum atomic E-state index is 13.4. The predicted molar refractivity (Wildman–Crippen MR) is 181 cm³/mol. The van der Waals surface area contributed by atoms with Crippen molar-refractivity contribution in [3.8, 4) is 11.3 Å². The fourth-order valence-corrected chi connectivity index (χ4v) is 4.44. The van der Waals surface area contributed by atoms with Gasteiger partial charge in [0, 0.05) is 42.5 Å². The van der Waals surface area contributed by atoms with Crippen molar-refractivity contribution in [3.05, 3.63) is 112 Å². The van der Waals surface area contributed by atoms with Crippen LogP contribution in [0.25, 0.3) is 11.3 Å². The second-order valence-corrected chi connectivity index (χ2v) is 10.8. The summed E-state index contributed by atoms with van der Waals surface area (Å²) in [6, 6.07) is 13.1. The second-order valence-electron chi connectivity index (χ2n) is 10.8. The van der Waals surface area contributed by atoms with Crippen molar-refractivity contribution >= 4 is 23.4 Å². The van der Waals surface area contributed by atoms with E-state index in [2.05, 4.69) is 27.2 Å². The number of anilines is 2. The fraction of sp³-hybridized carbons (Fsp3) is 0.294. The largest absolute Gasteiger partial charge is 0.497 e. The molecule has 0 radical (unpaired) electrons. The van der Waals surface area contributed by atoms with Crippen LogP contribution in [0.15, 0.2) is 94.6 Å². The average molecular weight is 614 g/mol. The van der Waals surface area contributed by atoms with Gasteiger partial charge in [-0.2, -0.15) is 4.99 Å². The molecule has 1 heterocycles. The van der Waals surface area contributed by atoms with Crippen LogP contribution >= 0.6 is 0 Å². The standard InChI is InChI=1S/C34H43N7O4/c1-7-8-29(44-6)17-24(5)21-45-34(43)40-31(36)26-11-9-25(10-12-26)19-37-13-14-41-30(27-15-23(4)16-28(35)18-27)20-38-32(33(41)42)39-22(2)3/h7-12,15-18,20,22,37H,1,13-14,19,21,35H2,2-6H3,(H,38,39)(H2,36,40,43)/b24-17+,29-8+. The van der Waals surface area contributed by atoms with Crippen molar-refractivity contribution in [2.24, 2.45) is 10.7 Å². The summed E-state index contributed by atoms with van der Waals surface area (Å²) in [6.45, 7) is 12.9. The number of hydrogen-bond donors (Lipinski definition) is 4. The molecular weight excluding hydrogens is 570 g/mol. The normalized spacial score (nSPS) is 12.3. The SMILES string of the molecule is C=C/C=C(\C=C(/C)COC(=O)/N=C(\N)c1ccc(CNCCn2c(-c3cc(C)cc(N)c3)cnc(NC(C)C)c2=O)cc1)OC. The van der Waals surface area contributed by atoms with E-state index in [1.165, 1.54) is 0 Å². The Morgan fingerprint density at radius 1 is 1.20 bits per heavy atom. The Balaban J connectivity index is 1.62. The number of carbonyl (C=O) groups excluding carboxylic acids is 1. The van der Waals surface area contributed by atoms with Gasteiger partial charge in [0.15, 0.2) is 5.82 Å². The molecule has 11 nitrogen and oxygen atoms in total. The first-order valence-corrected chi connectivity index (χ1v) is 14.6. The number of amides is 1. The first kappa shape index (κ1) is 34.3. The molecule has 3 aromatic rings. The Morgan fingerprint density at radius 3 is 2.58 bits per heavy atom. The number of nitrogens with two attached hydrogens (primary N) is 2. The quantitative estimate of drug-likeness (QED) is 0.0495. The number of methoxy groups -OCH3 is 1. The molecule has 2 aromatic carbocycles. The number of amidine groups is 1. The van der Waals surface area contributed by atoms with Gasteiger partial charge in [0.25, 0.3) is 5.56 Å². The van der Waals surface area contributed by atoms with Crippen LogP contribution in [0.1, 0.15) is 37.5 Å². The van der Waals surface area contributed by atoms with Gasteiger partial charge in [-0.3, -0.25) is 4.79 Å². The molecule has 45 heavy (non-hydrogen) atoms. The van der Waals surface area contributed by atoms with Crippen LogP contribution in [-0.2, 0) is 22.6 Å². The van der Waals surface area contributed by atoms with Gasteiger partial charge >= 0.3 is 6.09 Å². The van der Waals surface area contributed by atoms with Gasteiger partial charge in [-0.25, -0.2) is 9.78 Å². The molecular formula is C34H43N7O4. The summed E-state index contributed by atoms with van der Waals surface area (Å²) < 4.78 is 12.1. The third kappa shape index (κ3) is 10.5. The topological polar surface area (TPSA) is 159 Å². The monoisotopic (exact) mass is 613 g/mol. The van der Waals surface area contributed by atoms with Crippen molar-refractivity contribution in [1.82, 2.24) is 14.9 Å². The Hall–Kier alpha value is -5.16. The summed E-state index contributed by atoms with van der Waals surface area (Å²) in [6.07, 6.45) is 5.96. The summed E-state index contributed by atoms with van der Waals surface area (Å²) in [5.74, 6) is 0.950. The molecule has 0 aliphatic rings. The number of nitrogens with zero attached hydrogens (tertiary/aromatic N) is 3. The lowest BCUT2D eigenvalue weighted by atomic mass is 10.1. The van der Waals surface area contributed by atoms with E-state index in [4.69, 9.17) is 20.9 Å². The van der Waals surface area contributed by atoms with Crippen LogP contribution in [0.4, 0.5) is 16.3 Å². The van der Waals surface area contributed by atoms with E-state index in [1.54, 1.807) is 55.2 Å². The van der Waals surface area contributed by atoms with Crippen molar-refractivity contribution < 1.29 is 14.3 Å². The lowest BCUT2D eigenvalue weighted by Gasteiger charge is -2.17. The van der Waals surface area contributed by atoms with Gasteiger partial charge in [0.05, 0.1) is 19.0 Å². The van der Waals surface area contributed by atoms with E-state index >= 15 is 0 Å². The molecule has 0 aliphatic heterocycles. The number of allylic oxidation sites excluding steroid dienone is 3. The smallest absolute Gasteiger partial charge is 0.435 e. The van der Waals surface area contributed by atoms with Gasteiger partial charge in [-0.15, -0.1) is 0 Å². The molecule has 238 valence electrons. The van der Waals surface area contributed by atoms with Crippen molar-refractivity contribution in [2.75, 3.05) is 31.3 Å².